The Kier molecular flexibility index (Phi) is 3.66. The van der Waals surface area contributed by atoms with Gasteiger partial charge in [-0.2, -0.15) is 0 Å². The molecule has 0 aromatic rings. The predicted molar refractivity (Wildman–Crippen MR) is 39.5 cm³/mol. The van der Waals surface area contributed by atoms with Crippen molar-refractivity contribution in [1.29, 1.82) is 0 Å². The molecule has 60 valence electrons. The van der Waals surface area contributed by atoms with E-state index in [4.69, 9.17) is 5.73 Å². The summed E-state index contributed by atoms with van der Waals surface area (Å²) in [4.78, 5) is 20.8. The van der Waals surface area contributed by atoms with Crippen LogP contribution in [0.25, 0.3) is 0 Å². The van der Waals surface area contributed by atoms with Crippen molar-refractivity contribution in [2.24, 2.45) is 5.73 Å². The van der Waals surface area contributed by atoms with Gasteiger partial charge < -0.3 is 10.5 Å². The fraction of sp³-hybridized carbons (Fsp3) is 0.143. The molecule has 4 heteroatoms. The highest BCUT2D eigenvalue weighted by Gasteiger charge is 2.01. The van der Waals surface area contributed by atoms with Crippen LogP contribution in [0.2, 0.25) is 0 Å². The molecule has 0 rings (SSSR count). The molecule has 0 bridgehead atoms. The highest BCUT2D eigenvalue weighted by atomic mass is 16.5. The molecule has 0 saturated carbocycles. The van der Waals surface area contributed by atoms with E-state index < -0.39 is 11.9 Å². The second-order valence-electron chi connectivity index (χ2n) is 1.75. The Hall–Kier alpha value is -1.58. The smallest absolute Gasteiger partial charge is 0.337 e. The first-order chi connectivity index (χ1) is 5.07. The van der Waals surface area contributed by atoms with Crippen molar-refractivity contribution >= 4 is 11.9 Å². The van der Waals surface area contributed by atoms with Crippen LogP contribution in [0.1, 0.15) is 0 Å². The zero-order chi connectivity index (χ0) is 8.85. The number of rotatable bonds is 3. The fourth-order valence-electron chi connectivity index (χ4n) is 0.382. The Morgan fingerprint density at radius 2 is 2.00 bits per heavy atom. The van der Waals surface area contributed by atoms with Crippen LogP contribution in [0.3, 0.4) is 0 Å². The largest absolute Gasteiger partial charge is 0.465 e. The molecule has 0 atom stereocenters. The van der Waals surface area contributed by atoms with Crippen molar-refractivity contribution < 1.29 is 14.3 Å². The summed E-state index contributed by atoms with van der Waals surface area (Å²) in [6.45, 7) is 3.33. The summed E-state index contributed by atoms with van der Waals surface area (Å²) in [5, 5.41) is 0. The van der Waals surface area contributed by atoms with Gasteiger partial charge in [-0.05, 0) is 6.08 Å². The molecule has 0 aliphatic heterocycles. The predicted octanol–water partition coefficient (Wildman–Crippen LogP) is -0.243. The molecule has 11 heavy (non-hydrogen) atoms. The second kappa shape index (κ2) is 4.27. The summed E-state index contributed by atoms with van der Waals surface area (Å²) in [6, 6.07) is 0. The van der Waals surface area contributed by atoms with E-state index in [2.05, 4.69) is 11.3 Å². The van der Waals surface area contributed by atoms with Gasteiger partial charge >= 0.3 is 5.97 Å². The number of carbonyl (C=O) groups is 2. The monoisotopic (exact) mass is 155 g/mol. The van der Waals surface area contributed by atoms with Gasteiger partial charge in [0, 0.05) is 6.08 Å². The first kappa shape index (κ1) is 9.42. The zero-order valence-electron chi connectivity index (χ0n) is 6.16. The number of methoxy groups -OCH3 is 1. The van der Waals surface area contributed by atoms with E-state index in [1.54, 1.807) is 0 Å². The van der Waals surface area contributed by atoms with Crippen LogP contribution in [-0.4, -0.2) is 19.0 Å². The normalized spacial score (nSPS) is 9.55. The molecule has 0 heterocycles. The summed E-state index contributed by atoms with van der Waals surface area (Å²) < 4.78 is 4.30. The topological polar surface area (TPSA) is 69.4 Å². The van der Waals surface area contributed by atoms with Crippen molar-refractivity contribution in [3.8, 4) is 0 Å². The van der Waals surface area contributed by atoms with Gasteiger partial charge in [-0.25, -0.2) is 4.79 Å². The van der Waals surface area contributed by atoms with Crippen LogP contribution in [0.5, 0.6) is 0 Å². The number of hydrogen-bond acceptors (Lipinski definition) is 3. The molecule has 0 aliphatic rings. The van der Waals surface area contributed by atoms with Crippen LogP contribution in [-0.2, 0) is 14.3 Å². The Morgan fingerprint density at radius 3 is 2.36 bits per heavy atom. The second-order valence-corrected chi connectivity index (χ2v) is 1.75. The number of amides is 1. The van der Waals surface area contributed by atoms with E-state index in [1.165, 1.54) is 13.2 Å². The van der Waals surface area contributed by atoms with Crippen LogP contribution < -0.4 is 5.73 Å². The van der Waals surface area contributed by atoms with Gasteiger partial charge in [-0.15, -0.1) is 0 Å². The Morgan fingerprint density at radius 1 is 1.45 bits per heavy atom. The van der Waals surface area contributed by atoms with Crippen molar-refractivity contribution in [3.05, 3.63) is 24.3 Å². The van der Waals surface area contributed by atoms with E-state index in [9.17, 15) is 9.59 Å². The minimum Gasteiger partial charge on any atom is -0.465 e. The average Bonchev–Trinajstić information content (AvgIpc) is 1.98. The molecular formula is C7H9NO3. The number of carbonyl (C=O) groups excluding carboxylic acids is 2. The molecule has 4 nitrogen and oxygen atoms in total. The molecule has 2 N–H and O–H groups in total. The van der Waals surface area contributed by atoms with Crippen LogP contribution in [0.15, 0.2) is 24.3 Å². The lowest BCUT2D eigenvalue weighted by Gasteiger charge is -1.94. The number of nitrogens with two attached hydrogens (primary N) is 1. The maximum absolute atomic E-state index is 10.6. The third kappa shape index (κ3) is 3.91. The molecule has 0 aromatic heterocycles. The molecule has 0 spiro atoms. The molecule has 0 aliphatic carbocycles. The molecule has 1 amide bonds. The van der Waals surface area contributed by atoms with Crippen LogP contribution in [0.4, 0.5) is 0 Å². The number of esters is 1. The first-order valence-electron chi connectivity index (χ1n) is 2.82. The number of primary amides is 1. The highest BCUT2D eigenvalue weighted by Crippen LogP contribution is 1.94. The van der Waals surface area contributed by atoms with E-state index >= 15 is 0 Å². The van der Waals surface area contributed by atoms with E-state index in [0.29, 0.717) is 0 Å². The van der Waals surface area contributed by atoms with Gasteiger partial charge in [0.1, 0.15) is 0 Å². The van der Waals surface area contributed by atoms with Gasteiger partial charge in [0.25, 0.3) is 0 Å². The van der Waals surface area contributed by atoms with E-state index in [-0.39, 0.29) is 5.57 Å². The minimum atomic E-state index is -0.630. The zero-order valence-corrected chi connectivity index (χ0v) is 6.16. The van der Waals surface area contributed by atoms with Gasteiger partial charge in [-0.1, -0.05) is 6.58 Å². The van der Waals surface area contributed by atoms with Crippen molar-refractivity contribution in [2.75, 3.05) is 7.11 Å². The molecular weight excluding hydrogens is 146 g/mol. The lowest BCUT2D eigenvalue weighted by molar-refractivity contribution is -0.135. The summed E-state index contributed by atoms with van der Waals surface area (Å²) >= 11 is 0. The summed E-state index contributed by atoms with van der Waals surface area (Å²) in [5.41, 5.74) is 4.85. The minimum absolute atomic E-state index is 0.0892. The lowest BCUT2D eigenvalue weighted by Crippen LogP contribution is -2.07. The quantitative estimate of drug-likeness (QED) is 0.347. The molecule has 0 fully saturated rings. The Balaban J connectivity index is 4.08. The summed E-state index contributed by atoms with van der Waals surface area (Å²) in [7, 11) is 1.23. The summed E-state index contributed by atoms with van der Waals surface area (Å²) in [6.07, 6.45) is 2.24. The fourth-order valence-corrected chi connectivity index (χ4v) is 0.382. The summed E-state index contributed by atoms with van der Waals surface area (Å²) in [5.74, 6) is -1.21. The molecule has 0 saturated heterocycles. The third-order valence-electron chi connectivity index (χ3n) is 0.896. The lowest BCUT2D eigenvalue weighted by atomic mass is 10.3. The van der Waals surface area contributed by atoms with Crippen LogP contribution >= 0.6 is 0 Å². The maximum Gasteiger partial charge on any atom is 0.337 e. The van der Waals surface area contributed by atoms with E-state index in [0.717, 1.165) is 6.08 Å². The third-order valence-corrected chi connectivity index (χ3v) is 0.896. The first-order valence-corrected chi connectivity index (χ1v) is 2.82. The van der Waals surface area contributed by atoms with Gasteiger partial charge in [0.2, 0.25) is 5.91 Å². The highest BCUT2D eigenvalue weighted by molar-refractivity contribution is 5.94. The Labute approximate surface area is 64.3 Å². The number of ether oxygens (including phenoxy) is 1. The van der Waals surface area contributed by atoms with Gasteiger partial charge in [-0.3, -0.25) is 4.79 Å². The van der Waals surface area contributed by atoms with E-state index in [1.807, 2.05) is 0 Å². The number of hydrogen-bond donors (Lipinski definition) is 1. The van der Waals surface area contributed by atoms with Gasteiger partial charge in [0.15, 0.2) is 0 Å². The van der Waals surface area contributed by atoms with Crippen molar-refractivity contribution in [2.45, 2.75) is 0 Å². The molecule has 0 radical (unpaired) electrons. The molecule has 0 unspecified atom stereocenters. The molecule has 0 aromatic carbocycles. The van der Waals surface area contributed by atoms with Crippen molar-refractivity contribution in [3.63, 3.8) is 0 Å². The van der Waals surface area contributed by atoms with Gasteiger partial charge in [0.05, 0.1) is 12.7 Å². The van der Waals surface area contributed by atoms with Crippen molar-refractivity contribution in [1.82, 2.24) is 0 Å². The maximum atomic E-state index is 10.6. The Bertz CT molecular complexity index is 218. The standard InChI is InChI=1S/C7H9NO3/c1-5(7(10)11-2)3-4-6(8)9/h3-4H,1H2,2H3,(H2,8,9)/b4-3-. The SMILES string of the molecule is C=C(/C=C\C(N)=O)C(=O)OC. The van der Waals surface area contributed by atoms with Crippen LogP contribution in [0, 0.1) is 0 Å². The average molecular weight is 155 g/mol.